The molecule has 1 fully saturated rings. The SMILES string of the molecule is CCNC(=NCc1cnc(CC(C)C)s1)NC1CCN(C(=O)CC)C1.I. The Kier molecular flexibility index (Phi) is 10.4. The van der Waals surface area contributed by atoms with E-state index in [4.69, 9.17) is 4.99 Å². The fraction of sp³-hybridized carbons (Fsp3) is 0.722. The predicted octanol–water partition coefficient (Wildman–Crippen LogP) is 3.03. The number of nitrogens with zero attached hydrogens (tertiary/aromatic N) is 3. The molecule has 0 aliphatic carbocycles. The van der Waals surface area contributed by atoms with E-state index in [-0.39, 0.29) is 35.9 Å². The van der Waals surface area contributed by atoms with Crippen molar-refractivity contribution in [2.24, 2.45) is 10.9 Å². The molecule has 0 bridgehead atoms. The molecule has 1 aromatic rings. The molecule has 1 atom stereocenters. The summed E-state index contributed by atoms with van der Waals surface area (Å²) in [5, 5.41) is 7.94. The zero-order chi connectivity index (χ0) is 18.2. The fourth-order valence-electron chi connectivity index (χ4n) is 2.86. The third-order valence-corrected chi connectivity index (χ3v) is 5.11. The number of nitrogens with one attached hydrogen (secondary N) is 2. The lowest BCUT2D eigenvalue weighted by Gasteiger charge is -2.18. The number of aliphatic imine (C=N–C) groups is 1. The number of amides is 1. The van der Waals surface area contributed by atoms with Crippen molar-refractivity contribution in [3.05, 3.63) is 16.1 Å². The van der Waals surface area contributed by atoms with Gasteiger partial charge < -0.3 is 15.5 Å². The van der Waals surface area contributed by atoms with Crippen LogP contribution in [0.4, 0.5) is 0 Å². The van der Waals surface area contributed by atoms with Gasteiger partial charge in [0.05, 0.1) is 11.6 Å². The molecule has 0 radical (unpaired) electrons. The zero-order valence-electron chi connectivity index (χ0n) is 16.2. The van der Waals surface area contributed by atoms with Crippen LogP contribution < -0.4 is 10.6 Å². The molecule has 148 valence electrons. The molecule has 0 aromatic carbocycles. The second-order valence-electron chi connectivity index (χ2n) is 6.84. The van der Waals surface area contributed by atoms with Crippen LogP contribution in [0.15, 0.2) is 11.2 Å². The summed E-state index contributed by atoms with van der Waals surface area (Å²) in [5.74, 6) is 1.67. The maximum absolute atomic E-state index is 11.8. The molecule has 1 aliphatic rings. The summed E-state index contributed by atoms with van der Waals surface area (Å²) in [6, 6.07) is 0.270. The maximum Gasteiger partial charge on any atom is 0.222 e. The summed E-state index contributed by atoms with van der Waals surface area (Å²) >= 11 is 1.74. The minimum Gasteiger partial charge on any atom is -0.357 e. The lowest BCUT2D eigenvalue weighted by Crippen LogP contribution is -2.45. The number of aromatic nitrogens is 1. The van der Waals surface area contributed by atoms with E-state index in [1.54, 1.807) is 11.3 Å². The molecule has 2 heterocycles. The Hall–Kier alpha value is -0.900. The van der Waals surface area contributed by atoms with Gasteiger partial charge >= 0.3 is 0 Å². The van der Waals surface area contributed by atoms with Gasteiger partial charge in [0.25, 0.3) is 0 Å². The van der Waals surface area contributed by atoms with Crippen molar-refractivity contribution in [2.75, 3.05) is 19.6 Å². The monoisotopic (exact) mass is 493 g/mol. The third-order valence-electron chi connectivity index (χ3n) is 4.11. The predicted molar refractivity (Wildman–Crippen MR) is 119 cm³/mol. The highest BCUT2D eigenvalue weighted by atomic mass is 127. The minimum absolute atomic E-state index is 0. The number of halogens is 1. The quantitative estimate of drug-likeness (QED) is 0.348. The molecule has 1 aliphatic heterocycles. The van der Waals surface area contributed by atoms with E-state index in [9.17, 15) is 4.79 Å². The number of likely N-dealkylation sites (tertiary alicyclic amines) is 1. The molecule has 6 nitrogen and oxygen atoms in total. The van der Waals surface area contributed by atoms with Crippen LogP contribution in [0.2, 0.25) is 0 Å². The van der Waals surface area contributed by atoms with Crippen molar-refractivity contribution in [2.45, 2.75) is 59.5 Å². The molecule has 2 rings (SSSR count). The third kappa shape index (κ3) is 7.38. The summed E-state index contributed by atoms with van der Waals surface area (Å²) in [6.07, 6.45) is 4.50. The van der Waals surface area contributed by atoms with Crippen LogP contribution >= 0.6 is 35.3 Å². The topological polar surface area (TPSA) is 69.6 Å². The van der Waals surface area contributed by atoms with Crippen LogP contribution in [0.25, 0.3) is 0 Å². The summed E-state index contributed by atoms with van der Waals surface area (Å²) < 4.78 is 0. The smallest absolute Gasteiger partial charge is 0.222 e. The van der Waals surface area contributed by atoms with Crippen molar-refractivity contribution in [1.29, 1.82) is 0 Å². The molecule has 0 saturated carbocycles. The molecule has 1 amide bonds. The molecule has 8 heteroatoms. The number of hydrogen-bond acceptors (Lipinski definition) is 4. The van der Waals surface area contributed by atoms with Crippen LogP contribution in [0, 0.1) is 5.92 Å². The second-order valence-corrected chi connectivity index (χ2v) is 8.04. The summed E-state index contributed by atoms with van der Waals surface area (Å²) in [6.45, 7) is 11.4. The van der Waals surface area contributed by atoms with Gasteiger partial charge in [-0.2, -0.15) is 0 Å². The molecule has 1 unspecified atom stereocenters. The minimum atomic E-state index is 0. The number of hydrogen-bond donors (Lipinski definition) is 2. The van der Waals surface area contributed by atoms with Crippen LogP contribution in [0.3, 0.4) is 0 Å². The fourth-order valence-corrected chi connectivity index (χ4v) is 3.92. The molecular weight excluding hydrogens is 461 g/mol. The van der Waals surface area contributed by atoms with Gasteiger partial charge in [0.15, 0.2) is 5.96 Å². The second kappa shape index (κ2) is 11.7. The summed E-state index contributed by atoms with van der Waals surface area (Å²) in [5.41, 5.74) is 0. The van der Waals surface area contributed by atoms with Crippen LogP contribution in [0.5, 0.6) is 0 Å². The van der Waals surface area contributed by atoms with Crippen molar-refractivity contribution in [1.82, 2.24) is 20.5 Å². The van der Waals surface area contributed by atoms with Gasteiger partial charge in [-0.25, -0.2) is 9.98 Å². The van der Waals surface area contributed by atoms with E-state index in [0.717, 1.165) is 38.4 Å². The van der Waals surface area contributed by atoms with Crippen molar-refractivity contribution in [3.63, 3.8) is 0 Å². The van der Waals surface area contributed by atoms with E-state index in [0.29, 0.717) is 18.9 Å². The molecular formula is C18H32IN5OS. The standard InChI is InChI=1S/C18H31N5OS.HI/c1-5-17(24)23-8-7-14(12-23)22-18(19-6-2)21-11-15-10-20-16(25-15)9-13(3)4;/h10,13-14H,5-9,11-12H2,1-4H3,(H2,19,21,22);1H. The summed E-state index contributed by atoms with van der Waals surface area (Å²) in [7, 11) is 0. The van der Waals surface area contributed by atoms with Crippen molar-refractivity contribution < 1.29 is 4.79 Å². The highest BCUT2D eigenvalue weighted by Crippen LogP contribution is 2.17. The first-order valence-corrected chi connectivity index (χ1v) is 10.1. The first kappa shape index (κ1) is 23.1. The van der Waals surface area contributed by atoms with Gasteiger partial charge in [-0.05, 0) is 19.3 Å². The molecule has 1 saturated heterocycles. The molecule has 26 heavy (non-hydrogen) atoms. The Labute approximate surface area is 178 Å². The first-order valence-electron chi connectivity index (χ1n) is 9.28. The Bertz CT molecular complexity index is 590. The molecule has 2 N–H and O–H groups in total. The lowest BCUT2D eigenvalue weighted by molar-refractivity contribution is -0.129. The van der Waals surface area contributed by atoms with Gasteiger partial charge in [0.2, 0.25) is 5.91 Å². The number of rotatable bonds is 7. The largest absolute Gasteiger partial charge is 0.357 e. The van der Waals surface area contributed by atoms with Crippen LogP contribution in [-0.4, -0.2) is 47.4 Å². The Morgan fingerprint density at radius 3 is 2.88 bits per heavy atom. The Morgan fingerprint density at radius 2 is 2.23 bits per heavy atom. The number of carbonyl (C=O) groups excluding carboxylic acids is 1. The zero-order valence-corrected chi connectivity index (χ0v) is 19.4. The Morgan fingerprint density at radius 1 is 1.46 bits per heavy atom. The van der Waals surface area contributed by atoms with Gasteiger partial charge in [0.1, 0.15) is 0 Å². The van der Waals surface area contributed by atoms with E-state index in [1.807, 2.05) is 18.0 Å². The number of thiazole rings is 1. The molecule has 0 spiro atoms. The van der Waals surface area contributed by atoms with Gasteiger partial charge in [-0.1, -0.05) is 20.8 Å². The number of carbonyl (C=O) groups is 1. The lowest BCUT2D eigenvalue weighted by atomic mass is 10.1. The van der Waals surface area contributed by atoms with Crippen LogP contribution in [0.1, 0.15) is 50.4 Å². The van der Waals surface area contributed by atoms with Gasteiger partial charge in [0, 0.05) is 49.6 Å². The Balaban J connectivity index is 0.00000338. The average molecular weight is 493 g/mol. The molecule has 1 aromatic heterocycles. The van der Waals surface area contributed by atoms with Crippen molar-refractivity contribution in [3.8, 4) is 0 Å². The summed E-state index contributed by atoms with van der Waals surface area (Å²) in [4.78, 5) is 24.1. The highest BCUT2D eigenvalue weighted by molar-refractivity contribution is 14.0. The first-order chi connectivity index (χ1) is 12.0. The van der Waals surface area contributed by atoms with Crippen LogP contribution in [-0.2, 0) is 17.8 Å². The van der Waals surface area contributed by atoms with E-state index < -0.39 is 0 Å². The van der Waals surface area contributed by atoms with Gasteiger partial charge in [-0.15, -0.1) is 35.3 Å². The average Bonchev–Trinajstić information content (AvgIpc) is 3.21. The normalized spacial score (nSPS) is 17.3. The maximum atomic E-state index is 11.8. The van der Waals surface area contributed by atoms with Crippen molar-refractivity contribution >= 4 is 47.2 Å². The van der Waals surface area contributed by atoms with E-state index in [1.165, 1.54) is 9.88 Å². The highest BCUT2D eigenvalue weighted by Gasteiger charge is 2.25. The van der Waals surface area contributed by atoms with E-state index >= 15 is 0 Å². The van der Waals surface area contributed by atoms with E-state index in [2.05, 4.69) is 36.4 Å². The number of guanidine groups is 1. The van der Waals surface area contributed by atoms with Gasteiger partial charge in [-0.3, -0.25) is 4.79 Å².